The fourth-order valence-corrected chi connectivity index (χ4v) is 3.23. The van der Waals surface area contributed by atoms with Crippen LogP contribution in [-0.4, -0.2) is 20.6 Å². The zero-order valence-corrected chi connectivity index (χ0v) is 13.4. The first-order valence-corrected chi connectivity index (χ1v) is 7.49. The molecule has 2 heterocycles. The number of anilines is 1. The number of fused-ring (bicyclic) bond motifs is 1. The minimum Gasteiger partial charge on any atom is -0.508 e. The van der Waals surface area contributed by atoms with E-state index < -0.39 is 5.91 Å². The van der Waals surface area contributed by atoms with Crippen LogP contribution in [0.5, 0.6) is 0 Å². The van der Waals surface area contributed by atoms with E-state index in [9.17, 15) is 9.90 Å². The number of aliphatic hydroxyl groups is 1. The van der Waals surface area contributed by atoms with E-state index in [4.69, 9.17) is 11.5 Å². The van der Waals surface area contributed by atoms with Gasteiger partial charge in [0.15, 0.2) is 0 Å². The number of primary amides is 1. The fraction of sp³-hybridized carbons (Fsp3) is 0.294. The summed E-state index contributed by atoms with van der Waals surface area (Å²) in [5, 5.41) is 10.7. The molecular weight excluding hydrogens is 292 g/mol. The van der Waals surface area contributed by atoms with Gasteiger partial charge in [0.1, 0.15) is 17.2 Å². The Balaban J connectivity index is 2.43. The van der Waals surface area contributed by atoms with Gasteiger partial charge in [-0.15, -0.1) is 0 Å². The summed E-state index contributed by atoms with van der Waals surface area (Å²) in [6.45, 7) is 5.78. The molecule has 1 atom stereocenters. The van der Waals surface area contributed by atoms with Gasteiger partial charge in [-0.3, -0.25) is 9.36 Å². The van der Waals surface area contributed by atoms with Gasteiger partial charge in [-0.2, -0.15) is 0 Å². The summed E-state index contributed by atoms with van der Waals surface area (Å²) in [4.78, 5) is 16.3. The number of nitrogen functional groups attached to an aromatic ring is 1. The second-order valence-electron chi connectivity index (χ2n) is 6.08. The summed E-state index contributed by atoms with van der Waals surface area (Å²) in [6, 6.07) is 1.86. The first kappa shape index (κ1) is 15.1. The number of carbonyl (C=O) groups is 1. The molecule has 23 heavy (non-hydrogen) atoms. The van der Waals surface area contributed by atoms with Crippen molar-refractivity contribution in [2.45, 2.75) is 27.2 Å². The van der Waals surface area contributed by atoms with Gasteiger partial charge in [-0.1, -0.05) is 6.92 Å². The van der Waals surface area contributed by atoms with E-state index in [1.165, 1.54) is 0 Å². The molecule has 0 bridgehead atoms. The molecule has 0 fully saturated rings. The molecule has 2 aromatic rings. The largest absolute Gasteiger partial charge is 0.508 e. The maximum Gasteiger partial charge on any atom is 0.253 e. The summed E-state index contributed by atoms with van der Waals surface area (Å²) in [7, 11) is 0. The van der Waals surface area contributed by atoms with E-state index in [0.717, 1.165) is 16.8 Å². The highest BCUT2D eigenvalue weighted by molar-refractivity contribution is 6.11. The Bertz CT molecular complexity index is 890. The van der Waals surface area contributed by atoms with Crippen molar-refractivity contribution in [2.75, 3.05) is 5.73 Å². The Labute approximate surface area is 134 Å². The normalized spacial score (nSPS) is 18.4. The molecule has 1 amide bonds. The van der Waals surface area contributed by atoms with Crippen LogP contribution in [0.3, 0.4) is 0 Å². The number of nitrogens with two attached hydrogens (primary N) is 2. The molecule has 1 aliphatic carbocycles. The second kappa shape index (κ2) is 5.15. The molecular formula is C17H20N4O2. The molecule has 0 radical (unpaired) electrons. The summed E-state index contributed by atoms with van der Waals surface area (Å²) in [6.07, 6.45) is 4.20. The van der Waals surface area contributed by atoms with Crippen LogP contribution >= 0.6 is 0 Å². The van der Waals surface area contributed by atoms with Crippen LogP contribution in [0.15, 0.2) is 29.7 Å². The van der Waals surface area contributed by atoms with Gasteiger partial charge in [-0.25, -0.2) is 4.98 Å². The minimum atomic E-state index is -0.583. The SMILES string of the molecule is CC1=C(n2c(N)c(C(N)=O)c3cc(C)cnc32)[C@H](C)CC=C1O. The molecule has 1 aliphatic rings. The minimum absolute atomic E-state index is 0.132. The number of nitrogens with zero attached hydrogens (tertiary/aromatic N) is 2. The molecule has 2 aromatic heterocycles. The average Bonchev–Trinajstić information content (AvgIpc) is 2.75. The van der Waals surface area contributed by atoms with Gasteiger partial charge in [-0.05, 0) is 38.0 Å². The fourth-order valence-electron chi connectivity index (χ4n) is 3.23. The summed E-state index contributed by atoms with van der Waals surface area (Å²) < 4.78 is 1.75. The number of pyridine rings is 1. The van der Waals surface area contributed by atoms with Crippen molar-refractivity contribution in [1.29, 1.82) is 0 Å². The number of aliphatic hydroxyl groups excluding tert-OH is 1. The Morgan fingerprint density at radius 3 is 2.78 bits per heavy atom. The van der Waals surface area contributed by atoms with E-state index in [-0.39, 0.29) is 23.1 Å². The van der Waals surface area contributed by atoms with Crippen molar-refractivity contribution in [1.82, 2.24) is 9.55 Å². The second-order valence-corrected chi connectivity index (χ2v) is 6.08. The molecule has 5 N–H and O–H groups in total. The summed E-state index contributed by atoms with van der Waals surface area (Å²) >= 11 is 0. The number of amides is 1. The Hall–Kier alpha value is -2.76. The summed E-state index contributed by atoms with van der Waals surface area (Å²) in [5.41, 5.74) is 15.1. The van der Waals surface area contributed by atoms with Crippen molar-refractivity contribution in [3.63, 3.8) is 0 Å². The number of carbonyl (C=O) groups excluding carboxylic acids is 1. The van der Waals surface area contributed by atoms with E-state index in [0.29, 0.717) is 17.5 Å². The van der Waals surface area contributed by atoms with E-state index in [2.05, 4.69) is 4.98 Å². The van der Waals surface area contributed by atoms with E-state index >= 15 is 0 Å². The number of rotatable bonds is 2. The first-order chi connectivity index (χ1) is 10.8. The monoisotopic (exact) mass is 312 g/mol. The zero-order chi connectivity index (χ0) is 16.9. The number of aryl methyl sites for hydroxylation is 1. The Morgan fingerprint density at radius 2 is 2.13 bits per heavy atom. The van der Waals surface area contributed by atoms with E-state index in [1.54, 1.807) is 16.8 Å². The van der Waals surface area contributed by atoms with Gasteiger partial charge in [0.2, 0.25) is 0 Å². The Morgan fingerprint density at radius 1 is 1.43 bits per heavy atom. The van der Waals surface area contributed by atoms with Crippen molar-refractivity contribution in [3.05, 3.63) is 40.8 Å². The smallest absolute Gasteiger partial charge is 0.253 e. The molecule has 0 unspecified atom stereocenters. The molecule has 0 spiro atoms. The third kappa shape index (κ3) is 2.18. The lowest BCUT2D eigenvalue weighted by atomic mass is 9.93. The van der Waals surface area contributed by atoms with Gasteiger partial charge >= 0.3 is 0 Å². The number of hydrogen-bond acceptors (Lipinski definition) is 4. The highest BCUT2D eigenvalue weighted by atomic mass is 16.3. The van der Waals surface area contributed by atoms with Crippen LogP contribution in [0, 0.1) is 12.8 Å². The third-order valence-electron chi connectivity index (χ3n) is 4.37. The van der Waals surface area contributed by atoms with E-state index in [1.807, 2.05) is 26.8 Å². The average molecular weight is 312 g/mol. The Kier molecular flexibility index (Phi) is 3.39. The van der Waals surface area contributed by atoms with Gasteiger partial charge in [0.05, 0.1) is 5.56 Å². The molecule has 3 rings (SSSR count). The van der Waals surface area contributed by atoms with Crippen LogP contribution in [0.1, 0.15) is 36.2 Å². The number of hydrogen-bond donors (Lipinski definition) is 3. The van der Waals surface area contributed by atoms with Crippen LogP contribution < -0.4 is 11.5 Å². The van der Waals surface area contributed by atoms with Crippen LogP contribution in [0.25, 0.3) is 16.7 Å². The predicted octanol–water partition coefficient (Wildman–Crippen LogP) is 2.74. The highest BCUT2D eigenvalue weighted by Gasteiger charge is 2.27. The molecule has 6 heteroatoms. The molecule has 0 aliphatic heterocycles. The molecule has 0 saturated carbocycles. The maximum absolute atomic E-state index is 11.9. The van der Waals surface area contributed by atoms with Crippen molar-refractivity contribution in [2.24, 2.45) is 11.7 Å². The lowest BCUT2D eigenvalue weighted by Crippen LogP contribution is -2.17. The van der Waals surface area contributed by atoms with Gasteiger partial charge < -0.3 is 16.6 Å². The maximum atomic E-state index is 11.9. The molecule has 0 saturated heterocycles. The predicted molar refractivity (Wildman–Crippen MR) is 90.8 cm³/mol. The third-order valence-corrected chi connectivity index (χ3v) is 4.37. The van der Waals surface area contributed by atoms with Crippen LogP contribution in [-0.2, 0) is 0 Å². The molecule has 120 valence electrons. The quantitative estimate of drug-likeness (QED) is 0.792. The number of allylic oxidation sites excluding steroid dienone is 3. The topological polar surface area (TPSA) is 107 Å². The van der Waals surface area contributed by atoms with Gasteiger partial charge in [0.25, 0.3) is 5.91 Å². The van der Waals surface area contributed by atoms with Crippen LogP contribution in [0.2, 0.25) is 0 Å². The molecule has 0 aromatic carbocycles. The highest BCUT2D eigenvalue weighted by Crippen LogP contribution is 2.38. The van der Waals surface area contributed by atoms with Crippen molar-refractivity contribution >= 4 is 28.5 Å². The van der Waals surface area contributed by atoms with Crippen molar-refractivity contribution in [3.8, 4) is 0 Å². The standard InChI is InChI=1S/C17H20N4O2/c1-8-6-11-13(16(19)23)15(18)21(17(11)20-7-8)14-9(2)4-5-12(22)10(14)3/h5-7,9,22H,4,18H2,1-3H3,(H2,19,23)/t9-/m1/s1. The first-order valence-electron chi connectivity index (χ1n) is 7.49. The lowest BCUT2D eigenvalue weighted by Gasteiger charge is -2.24. The molecule has 6 nitrogen and oxygen atoms in total. The number of aromatic nitrogens is 2. The zero-order valence-electron chi connectivity index (χ0n) is 13.4. The lowest BCUT2D eigenvalue weighted by molar-refractivity contribution is 0.100. The van der Waals surface area contributed by atoms with Crippen LogP contribution in [0.4, 0.5) is 5.82 Å². The van der Waals surface area contributed by atoms with Gasteiger partial charge in [0, 0.05) is 28.8 Å². The van der Waals surface area contributed by atoms with Crippen molar-refractivity contribution < 1.29 is 9.90 Å². The summed E-state index contributed by atoms with van der Waals surface area (Å²) in [5.74, 6) is 0.0429.